The van der Waals surface area contributed by atoms with Crippen LogP contribution in [-0.2, 0) is 11.2 Å². The summed E-state index contributed by atoms with van der Waals surface area (Å²) >= 11 is 0. The molecule has 0 radical (unpaired) electrons. The van der Waals surface area contributed by atoms with E-state index in [0.717, 1.165) is 0 Å². The van der Waals surface area contributed by atoms with Crippen molar-refractivity contribution in [1.82, 2.24) is 4.98 Å². The molecule has 0 aliphatic heterocycles. The molecule has 1 aromatic carbocycles. The number of aromatic amines is 1. The lowest BCUT2D eigenvalue weighted by atomic mass is 10.1. The SMILES string of the molecule is NC(=O)Cc1[nH]c(=O)c2ccccc2c1O. The second kappa shape index (κ2) is 3.69. The number of carbonyl (C=O) groups excluding carboxylic acids is 1. The Morgan fingerprint density at radius 1 is 1.31 bits per heavy atom. The molecule has 1 aromatic heterocycles. The van der Waals surface area contributed by atoms with Crippen molar-refractivity contribution in [3.63, 3.8) is 0 Å². The molecule has 0 unspecified atom stereocenters. The number of rotatable bonds is 2. The van der Waals surface area contributed by atoms with Crippen molar-refractivity contribution in [3.8, 4) is 5.75 Å². The molecule has 0 aliphatic carbocycles. The molecular formula is C11H10N2O3. The molecule has 0 spiro atoms. The summed E-state index contributed by atoms with van der Waals surface area (Å²) < 4.78 is 0. The zero-order valence-corrected chi connectivity index (χ0v) is 8.36. The van der Waals surface area contributed by atoms with E-state index in [1.807, 2.05) is 0 Å². The number of aromatic hydroxyl groups is 1. The van der Waals surface area contributed by atoms with E-state index >= 15 is 0 Å². The van der Waals surface area contributed by atoms with Gasteiger partial charge in [0.25, 0.3) is 5.56 Å². The smallest absolute Gasteiger partial charge is 0.256 e. The van der Waals surface area contributed by atoms with E-state index in [9.17, 15) is 14.7 Å². The number of hydrogen-bond donors (Lipinski definition) is 3. The van der Waals surface area contributed by atoms with Gasteiger partial charge in [-0.15, -0.1) is 0 Å². The number of aromatic nitrogens is 1. The third kappa shape index (κ3) is 1.63. The highest BCUT2D eigenvalue weighted by Gasteiger charge is 2.11. The number of hydrogen-bond acceptors (Lipinski definition) is 3. The van der Waals surface area contributed by atoms with Gasteiger partial charge < -0.3 is 15.8 Å². The van der Waals surface area contributed by atoms with Crippen LogP contribution in [0.15, 0.2) is 29.1 Å². The van der Waals surface area contributed by atoms with Gasteiger partial charge in [0.2, 0.25) is 5.91 Å². The first kappa shape index (κ1) is 10.2. The quantitative estimate of drug-likeness (QED) is 0.674. The number of pyridine rings is 1. The zero-order chi connectivity index (χ0) is 11.7. The lowest BCUT2D eigenvalue weighted by molar-refractivity contribution is -0.117. The highest BCUT2D eigenvalue weighted by molar-refractivity contribution is 5.89. The molecule has 1 heterocycles. The molecule has 0 saturated carbocycles. The van der Waals surface area contributed by atoms with Crippen molar-refractivity contribution in [2.24, 2.45) is 5.73 Å². The van der Waals surface area contributed by atoms with Gasteiger partial charge in [0, 0.05) is 5.39 Å². The Hall–Kier alpha value is -2.30. The van der Waals surface area contributed by atoms with E-state index in [4.69, 9.17) is 5.73 Å². The second-order valence-corrected chi connectivity index (χ2v) is 3.47. The van der Waals surface area contributed by atoms with Crippen molar-refractivity contribution in [2.75, 3.05) is 0 Å². The number of fused-ring (bicyclic) bond motifs is 1. The summed E-state index contributed by atoms with van der Waals surface area (Å²) in [7, 11) is 0. The largest absolute Gasteiger partial charge is 0.505 e. The maximum absolute atomic E-state index is 11.6. The Kier molecular flexibility index (Phi) is 2.36. The molecule has 5 heteroatoms. The number of nitrogens with two attached hydrogens (primary N) is 1. The fourth-order valence-electron chi connectivity index (χ4n) is 1.62. The van der Waals surface area contributed by atoms with E-state index in [0.29, 0.717) is 10.8 Å². The zero-order valence-electron chi connectivity index (χ0n) is 8.36. The van der Waals surface area contributed by atoms with Crippen LogP contribution in [0.1, 0.15) is 5.69 Å². The highest BCUT2D eigenvalue weighted by Crippen LogP contribution is 2.24. The highest BCUT2D eigenvalue weighted by atomic mass is 16.3. The molecular weight excluding hydrogens is 208 g/mol. The van der Waals surface area contributed by atoms with Crippen molar-refractivity contribution < 1.29 is 9.90 Å². The lowest BCUT2D eigenvalue weighted by Gasteiger charge is -2.05. The minimum atomic E-state index is -0.610. The Morgan fingerprint density at radius 3 is 2.56 bits per heavy atom. The normalized spacial score (nSPS) is 10.5. The molecule has 0 fully saturated rings. The van der Waals surface area contributed by atoms with Crippen molar-refractivity contribution in [1.29, 1.82) is 0 Å². The van der Waals surface area contributed by atoms with E-state index in [-0.39, 0.29) is 23.4 Å². The minimum Gasteiger partial charge on any atom is -0.505 e. The van der Waals surface area contributed by atoms with Crippen LogP contribution < -0.4 is 11.3 Å². The first-order chi connectivity index (χ1) is 7.59. The second-order valence-electron chi connectivity index (χ2n) is 3.47. The van der Waals surface area contributed by atoms with Crippen molar-refractivity contribution >= 4 is 16.7 Å². The molecule has 5 nitrogen and oxygen atoms in total. The monoisotopic (exact) mass is 218 g/mol. The van der Waals surface area contributed by atoms with Crippen LogP contribution >= 0.6 is 0 Å². The van der Waals surface area contributed by atoms with Gasteiger partial charge in [-0.05, 0) is 6.07 Å². The maximum Gasteiger partial charge on any atom is 0.256 e. The fraction of sp³-hybridized carbons (Fsp3) is 0.0909. The molecule has 2 aromatic rings. The average Bonchev–Trinajstić information content (AvgIpc) is 2.25. The van der Waals surface area contributed by atoms with Gasteiger partial charge in [-0.3, -0.25) is 9.59 Å². The van der Waals surface area contributed by atoms with Crippen molar-refractivity contribution in [2.45, 2.75) is 6.42 Å². The molecule has 4 N–H and O–H groups in total. The average molecular weight is 218 g/mol. The Labute approximate surface area is 90.5 Å². The topological polar surface area (TPSA) is 96.2 Å². The van der Waals surface area contributed by atoms with Gasteiger partial charge >= 0.3 is 0 Å². The van der Waals surface area contributed by atoms with E-state index < -0.39 is 5.91 Å². The number of amides is 1. The number of nitrogens with one attached hydrogen (secondary N) is 1. The number of primary amides is 1. The predicted molar refractivity (Wildman–Crippen MR) is 59.1 cm³/mol. The molecule has 0 atom stereocenters. The molecule has 0 aliphatic rings. The molecule has 0 bridgehead atoms. The lowest BCUT2D eigenvalue weighted by Crippen LogP contribution is -2.18. The van der Waals surface area contributed by atoms with Gasteiger partial charge in [-0.25, -0.2) is 0 Å². The van der Waals surface area contributed by atoms with Crippen LogP contribution in [0, 0.1) is 0 Å². The van der Waals surface area contributed by atoms with E-state index in [1.165, 1.54) is 0 Å². The minimum absolute atomic E-state index is 0.103. The third-order valence-corrected chi connectivity index (χ3v) is 2.33. The summed E-state index contributed by atoms with van der Waals surface area (Å²) in [6.45, 7) is 0. The van der Waals surface area contributed by atoms with Crippen molar-refractivity contribution in [3.05, 3.63) is 40.3 Å². The molecule has 82 valence electrons. The van der Waals surface area contributed by atoms with Gasteiger partial charge in [0.1, 0.15) is 5.75 Å². The molecule has 2 rings (SSSR count). The van der Waals surface area contributed by atoms with E-state index in [2.05, 4.69) is 4.98 Å². The first-order valence-corrected chi connectivity index (χ1v) is 4.70. The third-order valence-electron chi connectivity index (χ3n) is 2.33. The van der Waals surface area contributed by atoms with Crippen LogP contribution in [0.2, 0.25) is 0 Å². The summed E-state index contributed by atoms with van der Waals surface area (Å²) in [5.74, 6) is -0.713. The van der Waals surface area contributed by atoms with Crippen LogP contribution in [0.3, 0.4) is 0 Å². The van der Waals surface area contributed by atoms with Gasteiger partial charge in [0.15, 0.2) is 0 Å². The van der Waals surface area contributed by atoms with Crippen LogP contribution in [0.5, 0.6) is 5.75 Å². The summed E-state index contributed by atoms with van der Waals surface area (Å²) in [4.78, 5) is 24.8. The maximum atomic E-state index is 11.6. The van der Waals surface area contributed by atoms with Gasteiger partial charge in [0.05, 0.1) is 17.5 Å². The summed E-state index contributed by atoms with van der Waals surface area (Å²) in [6, 6.07) is 6.62. The Morgan fingerprint density at radius 2 is 1.94 bits per heavy atom. The Bertz CT molecular complexity index is 616. The number of H-pyrrole nitrogens is 1. The van der Waals surface area contributed by atoms with E-state index in [1.54, 1.807) is 24.3 Å². The standard InChI is InChI=1S/C11H10N2O3/c12-9(14)5-8-10(15)6-3-1-2-4-7(6)11(16)13-8/h1-4,15H,5H2,(H2,12,14)(H,13,16). The summed E-state index contributed by atoms with van der Waals surface area (Å²) in [5.41, 5.74) is 4.82. The first-order valence-electron chi connectivity index (χ1n) is 4.70. The van der Waals surface area contributed by atoms with Crippen LogP contribution in [0.25, 0.3) is 10.8 Å². The summed E-state index contributed by atoms with van der Waals surface area (Å²) in [6.07, 6.45) is -0.189. The molecule has 0 saturated heterocycles. The fourth-order valence-corrected chi connectivity index (χ4v) is 1.62. The van der Waals surface area contributed by atoms with Crippen LogP contribution in [-0.4, -0.2) is 16.0 Å². The number of benzene rings is 1. The summed E-state index contributed by atoms with van der Waals surface area (Å²) in [5, 5.41) is 10.6. The number of carbonyl (C=O) groups is 1. The van der Waals surface area contributed by atoms with Crippen LogP contribution in [0.4, 0.5) is 0 Å². The van der Waals surface area contributed by atoms with Gasteiger partial charge in [-0.2, -0.15) is 0 Å². The Balaban J connectivity index is 2.75. The predicted octanol–water partition coefficient (Wildman–Crippen LogP) is 0.261. The molecule has 16 heavy (non-hydrogen) atoms. The molecule has 1 amide bonds. The van der Waals surface area contributed by atoms with Gasteiger partial charge in [-0.1, -0.05) is 18.2 Å².